The Morgan fingerprint density at radius 2 is 1.61 bits per heavy atom. The van der Waals surface area contributed by atoms with E-state index in [0.717, 1.165) is 39.0 Å². The van der Waals surface area contributed by atoms with Crippen LogP contribution < -0.4 is 10.6 Å². The summed E-state index contributed by atoms with van der Waals surface area (Å²) < 4.78 is 0. The van der Waals surface area contributed by atoms with Gasteiger partial charge in [0.25, 0.3) is 5.91 Å². The van der Waals surface area contributed by atoms with Crippen LogP contribution in [0.3, 0.4) is 0 Å². The maximum absolute atomic E-state index is 12.5. The maximum Gasteiger partial charge on any atom is 0.253 e. The van der Waals surface area contributed by atoms with Crippen molar-refractivity contribution in [1.82, 2.24) is 20.0 Å². The van der Waals surface area contributed by atoms with Crippen LogP contribution >= 0.6 is 0 Å². The lowest BCUT2D eigenvalue weighted by atomic mass is 10.1. The van der Waals surface area contributed by atoms with Gasteiger partial charge in [0, 0.05) is 46.3 Å². The van der Waals surface area contributed by atoms with Gasteiger partial charge in [0.15, 0.2) is 0 Å². The second-order valence-electron chi connectivity index (χ2n) is 7.68. The number of piperazine rings is 1. The lowest BCUT2D eigenvalue weighted by molar-refractivity contribution is -0.130. The van der Waals surface area contributed by atoms with E-state index in [-0.39, 0.29) is 30.3 Å². The van der Waals surface area contributed by atoms with Crippen LogP contribution in [0.5, 0.6) is 0 Å². The van der Waals surface area contributed by atoms with E-state index in [9.17, 15) is 14.4 Å². The van der Waals surface area contributed by atoms with Gasteiger partial charge in [-0.2, -0.15) is 0 Å². The van der Waals surface area contributed by atoms with E-state index in [1.165, 1.54) is 0 Å². The Labute approximate surface area is 165 Å². The SMILES string of the molecule is CN(C)C(=O)CN1CCN(CC(=O)Nc2ccccc2C(=O)NC2CC2)CC1. The van der Waals surface area contributed by atoms with Crippen molar-refractivity contribution in [3.63, 3.8) is 0 Å². The summed E-state index contributed by atoms with van der Waals surface area (Å²) in [5.74, 6) is -0.186. The first-order valence-corrected chi connectivity index (χ1v) is 9.77. The summed E-state index contributed by atoms with van der Waals surface area (Å²) >= 11 is 0. The Kier molecular flexibility index (Phi) is 6.64. The van der Waals surface area contributed by atoms with E-state index in [1.54, 1.807) is 37.2 Å². The van der Waals surface area contributed by atoms with Gasteiger partial charge in [0.2, 0.25) is 11.8 Å². The molecular formula is C20H29N5O3. The lowest BCUT2D eigenvalue weighted by Crippen LogP contribution is -2.50. The van der Waals surface area contributed by atoms with Gasteiger partial charge >= 0.3 is 0 Å². The zero-order valence-corrected chi connectivity index (χ0v) is 16.6. The van der Waals surface area contributed by atoms with Crippen LogP contribution in [0.4, 0.5) is 5.69 Å². The average molecular weight is 387 g/mol. The molecular weight excluding hydrogens is 358 g/mol. The van der Waals surface area contributed by atoms with Crippen LogP contribution in [-0.2, 0) is 9.59 Å². The van der Waals surface area contributed by atoms with E-state index in [4.69, 9.17) is 0 Å². The number of likely N-dealkylation sites (N-methyl/N-ethyl adjacent to an activating group) is 1. The molecule has 8 heteroatoms. The molecule has 3 amide bonds. The number of benzene rings is 1. The second kappa shape index (κ2) is 9.16. The number of rotatable bonds is 7. The molecule has 152 valence electrons. The van der Waals surface area contributed by atoms with E-state index in [2.05, 4.69) is 20.4 Å². The van der Waals surface area contributed by atoms with E-state index < -0.39 is 0 Å². The summed E-state index contributed by atoms with van der Waals surface area (Å²) in [7, 11) is 3.51. The van der Waals surface area contributed by atoms with E-state index in [1.807, 2.05) is 6.07 Å². The van der Waals surface area contributed by atoms with Crippen LogP contribution in [0.1, 0.15) is 23.2 Å². The van der Waals surface area contributed by atoms with Crippen LogP contribution in [0.25, 0.3) is 0 Å². The summed E-state index contributed by atoms with van der Waals surface area (Å²) in [5, 5.41) is 5.83. The largest absolute Gasteiger partial charge is 0.349 e. The molecule has 1 aromatic carbocycles. The minimum absolute atomic E-state index is 0.0901. The van der Waals surface area contributed by atoms with Crippen LogP contribution in [0.15, 0.2) is 24.3 Å². The smallest absolute Gasteiger partial charge is 0.253 e. The molecule has 1 aliphatic heterocycles. The molecule has 0 atom stereocenters. The fraction of sp³-hybridized carbons (Fsp3) is 0.550. The van der Waals surface area contributed by atoms with Gasteiger partial charge in [-0.3, -0.25) is 24.2 Å². The molecule has 2 N–H and O–H groups in total. The highest BCUT2D eigenvalue weighted by molar-refractivity contribution is 6.04. The molecule has 0 radical (unpaired) electrons. The fourth-order valence-electron chi connectivity index (χ4n) is 3.11. The number of hydrogen-bond acceptors (Lipinski definition) is 5. The van der Waals surface area contributed by atoms with Gasteiger partial charge in [-0.05, 0) is 25.0 Å². The number of carbonyl (C=O) groups excluding carboxylic acids is 3. The third kappa shape index (κ3) is 5.77. The zero-order chi connectivity index (χ0) is 20.1. The zero-order valence-electron chi connectivity index (χ0n) is 16.6. The first-order chi connectivity index (χ1) is 13.4. The minimum Gasteiger partial charge on any atom is -0.349 e. The van der Waals surface area contributed by atoms with Gasteiger partial charge in [0.05, 0.1) is 24.3 Å². The standard InChI is InChI=1S/C20H29N5O3/c1-23(2)19(27)14-25-11-9-24(10-12-25)13-18(26)22-17-6-4-3-5-16(17)20(28)21-15-7-8-15/h3-6,15H,7-14H2,1-2H3,(H,21,28)(H,22,26). The first kappa shape index (κ1) is 20.3. The fourth-order valence-corrected chi connectivity index (χ4v) is 3.11. The molecule has 0 unspecified atom stereocenters. The first-order valence-electron chi connectivity index (χ1n) is 9.77. The molecule has 3 rings (SSSR count). The number of nitrogens with zero attached hydrogens (tertiary/aromatic N) is 3. The van der Waals surface area contributed by atoms with Gasteiger partial charge in [-0.15, -0.1) is 0 Å². The predicted molar refractivity (Wildman–Crippen MR) is 107 cm³/mol. The number of carbonyl (C=O) groups is 3. The van der Waals surface area contributed by atoms with Crippen molar-refractivity contribution in [2.75, 3.05) is 58.7 Å². The molecule has 2 aliphatic rings. The molecule has 1 saturated heterocycles. The monoisotopic (exact) mass is 387 g/mol. The molecule has 1 heterocycles. The summed E-state index contributed by atoms with van der Waals surface area (Å²) in [5.41, 5.74) is 1.04. The van der Waals surface area contributed by atoms with Gasteiger partial charge < -0.3 is 15.5 Å². The predicted octanol–water partition coefficient (Wildman–Crippen LogP) is 0.223. The highest BCUT2D eigenvalue weighted by Gasteiger charge is 2.25. The van der Waals surface area contributed by atoms with Crippen molar-refractivity contribution in [2.45, 2.75) is 18.9 Å². The van der Waals surface area contributed by atoms with Crippen molar-refractivity contribution < 1.29 is 14.4 Å². The normalized spacial score (nSPS) is 17.8. The Hall–Kier alpha value is -2.45. The Morgan fingerprint density at radius 1 is 1.00 bits per heavy atom. The molecule has 1 aliphatic carbocycles. The molecule has 1 saturated carbocycles. The molecule has 28 heavy (non-hydrogen) atoms. The van der Waals surface area contributed by atoms with E-state index >= 15 is 0 Å². The number of nitrogens with one attached hydrogen (secondary N) is 2. The van der Waals surface area contributed by atoms with Crippen molar-refractivity contribution >= 4 is 23.4 Å². The summed E-state index contributed by atoms with van der Waals surface area (Å²) in [6, 6.07) is 7.36. The van der Waals surface area contributed by atoms with Crippen molar-refractivity contribution in [3.8, 4) is 0 Å². The summed E-state index contributed by atoms with van der Waals surface area (Å²) in [6.07, 6.45) is 2.04. The number of amides is 3. The quantitative estimate of drug-likeness (QED) is 0.699. The highest BCUT2D eigenvalue weighted by atomic mass is 16.2. The van der Waals surface area contributed by atoms with Gasteiger partial charge in [-0.25, -0.2) is 0 Å². The number of hydrogen-bond donors (Lipinski definition) is 2. The van der Waals surface area contributed by atoms with Crippen molar-refractivity contribution in [1.29, 1.82) is 0 Å². The molecule has 0 spiro atoms. The Morgan fingerprint density at radius 3 is 2.21 bits per heavy atom. The number of anilines is 1. The summed E-state index contributed by atoms with van der Waals surface area (Å²) in [6.45, 7) is 3.67. The summed E-state index contributed by atoms with van der Waals surface area (Å²) in [4.78, 5) is 42.4. The molecule has 2 fully saturated rings. The van der Waals surface area contributed by atoms with Crippen molar-refractivity contribution in [2.24, 2.45) is 0 Å². The van der Waals surface area contributed by atoms with Gasteiger partial charge in [0.1, 0.15) is 0 Å². The van der Waals surface area contributed by atoms with Crippen LogP contribution in [0, 0.1) is 0 Å². The second-order valence-corrected chi connectivity index (χ2v) is 7.68. The molecule has 1 aromatic rings. The lowest BCUT2D eigenvalue weighted by Gasteiger charge is -2.34. The third-order valence-corrected chi connectivity index (χ3v) is 5.05. The third-order valence-electron chi connectivity index (χ3n) is 5.05. The Bertz CT molecular complexity index is 724. The van der Waals surface area contributed by atoms with Crippen LogP contribution in [0.2, 0.25) is 0 Å². The number of para-hydroxylation sites is 1. The van der Waals surface area contributed by atoms with Crippen LogP contribution in [-0.4, -0.2) is 91.8 Å². The average Bonchev–Trinajstić information content (AvgIpc) is 3.47. The topological polar surface area (TPSA) is 85.0 Å². The van der Waals surface area contributed by atoms with Gasteiger partial charge in [-0.1, -0.05) is 12.1 Å². The molecule has 0 aromatic heterocycles. The van der Waals surface area contributed by atoms with E-state index in [0.29, 0.717) is 17.8 Å². The molecule has 8 nitrogen and oxygen atoms in total. The Balaban J connectivity index is 1.47. The minimum atomic E-state index is -0.141. The molecule has 0 bridgehead atoms. The maximum atomic E-state index is 12.5. The highest BCUT2D eigenvalue weighted by Crippen LogP contribution is 2.21. The van der Waals surface area contributed by atoms with Crippen molar-refractivity contribution in [3.05, 3.63) is 29.8 Å².